The quantitative estimate of drug-likeness (QED) is 0.790. The van der Waals surface area contributed by atoms with Crippen LogP contribution < -0.4 is 5.32 Å². The highest BCUT2D eigenvalue weighted by Gasteiger charge is 2.20. The van der Waals surface area contributed by atoms with Crippen LogP contribution in [0.25, 0.3) is 0 Å². The second-order valence-corrected chi connectivity index (χ2v) is 6.13. The number of hydrogen-bond donors (Lipinski definition) is 1. The first kappa shape index (κ1) is 19.2. The molecule has 0 aliphatic heterocycles. The van der Waals surface area contributed by atoms with Crippen LogP contribution in [-0.4, -0.2) is 18.0 Å². The zero-order valence-corrected chi connectivity index (χ0v) is 15.2. The molecule has 5 heteroatoms. The Morgan fingerprint density at radius 1 is 1.15 bits per heavy atom. The molecule has 0 radical (unpaired) electrons. The molecule has 0 saturated carbocycles. The van der Waals surface area contributed by atoms with Crippen LogP contribution in [0.4, 0.5) is 5.69 Å². The minimum Gasteiger partial charge on any atom is -0.449 e. The molecular weight excluding hydrogens is 328 g/mol. The van der Waals surface area contributed by atoms with E-state index in [4.69, 9.17) is 10.00 Å². The van der Waals surface area contributed by atoms with Gasteiger partial charge in [-0.2, -0.15) is 5.26 Å². The lowest BCUT2D eigenvalue weighted by atomic mass is 9.97. The third-order valence-corrected chi connectivity index (χ3v) is 4.24. The van der Waals surface area contributed by atoms with Crippen molar-refractivity contribution in [3.63, 3.8) is 0 Å². The largest absolute Gasteiger partial charge is 0.449 e. The minimum atomic E-state index is -0.960. The van der Waals surface area contributed by atoms with E-state index in [2.05, 4.69) is 19.2 Å². The molecule has 0 heterocycles. The van der Waals surface area contributed by atoms with Crippen molar-refractivity contribution in [2.45, 2.75) is 39.2 Å². The van der Waals surface area contributed by atoms with Gasteiger partial charge in [-0.05, 0) is 49.1 Å². The Balaban J connectivity index is 2.06. The van der Waals surface area contributed by atoms with Crippen LogP contribution in [0.15, 0.2) is 48.5 Å². The van der Waals surface area contributed by atoms with Crippen LogP contribution >= 0.6 is 0 Å². The summed E-state index contributed by atoms with van der Waals surface area (Å²) < 4.78 is 5.24. The second kappa shape index (κ2) is 8.82. The zero-order chi connectivity index (χ0) is 19.1. The summed E-state index contributed by atoms with van der Waals surface area (Å²) >= 11 is 0. The Bertz CT molecular complexity index is 839. The van der Waals surface area contributed by atoms with E-state index in [1.807, 2.05) is 30.3 Å². The number of carbonyl (C=O) groups is 2. The third-order valence-electron chi connectivity index (χ3n) is 4.24. The van der Waals surface area contributed by atoms with E-state index in [1.165, 1.54) is 13.0 Å². The number of esters is 1. The van der Waals surface area contributed by atoms with Crippen molar-refractivity contribution < 1.29 is 14.3 Å². The number of para-hydroxylation sites is 1. The maximum Gasteiger partial charge on any atom is 0.338 e. The predicted molar refractivity (Wildman–Crippen MR) is 99.8 cm³/mol. The normalized spacial score (nSPS) is 12.5. The smallest absolute Gasteiger partial charge is 0.338 e. The van der Waals surface area contributed by atoms with E-state index < -0.39 is 18.0 Å². The van der Waals surface area contributed by atoms with Gasteiger partial charge < -0.3 is 10.1 Å². The van der Waals surface area contributed by atoms with E-state index in [0.29, 0.717) is 11.5 Å². The van der Waals surface area contributed by atoms with Crippen LogP contribution in [0.3, 0.4) is 0 Å². The van der Waals surface area contributed by atoms with Gasteiger partial charge in [0.2, 0.25) is 0 Å². The molecule has 2 unspecified atom stereocenters. The number of anilines is 1. The number of hydrogen-bond acceptors (Lipinski definition) is 4. The number of benzene rings is 2. The Morgan fingerprint density at radius 3 is 2.58 bits per heavy atom. The second-order valence-electron chi connectivity index (χ2n) is 6.13. The molecule has 5 nitrogen and oxygen atoms in total. The predicted octanol–water partition coefficient (Wildman–Crippen LogP) is 4.26. The van der Waals surface area contributed by atoms with Crippen LogP contribution in [0.2, 0.25) is 0 Å². The molecule has 2 aromatic carbocycles. The molecule has 26 heavy (non-hydrogen) atoms. The van der Waals surface area contributed by atoms with Crippen molar-refractivity contribution in [2.75, 3.05) is 5.32 Å². The molecule has 0 bridgehead atoms. The van der Waals surface area contributed by atoms with Crippen LogP contribution in [0, 0.1) is 11.3 Å². The van der Waals surface area contributed by atoms with Gasteiger partial charge in [0, 0.05) is 5.69 Å². The first-order valence-corrected chi connectivity index (χ1v) is 8.57. The maximum atomic E-state index is 12.4. The highest BCUT2D eigenvalue weighted by molar-refractivity contribution is 5.97. The van der Waals surface area contributed by atoms with Crippen molar-refractivity contribution in [2.24, 2.45) is 0 Å². The summed E-state index contributed by atoms with van der Waals surface area (Å²) in [5.74, 6) is -0.733. The molecule has 0 aliphatic carbocycles. The Hall–Kier alpha value is -3.13. The minimum absolute atomic E-state index is 0.240. The van der Waals surface area contributed by atoms with Crippen molar-refractivity contribution in [3.8, 4) is 6.07 Å². The first-order valence-electron chi connectivity index (χ1n) is 8.57. The topological polar surface area (TPSA) is 79.2 Å². The van der Waals surface area contributed by atoms with Crippen molar-refractivity contribution in [1.29, 1.82) is 5.26 Å². The molecule has 0 saturated heterocycles. The molecule has 0 spiro atoms. The average molecular weight is 350 g/mol. The zero-order valence-electron chi connectivity index (χ0n) is 15.2. The number of rotatable bonds is 6. The number of amides is 1. The summed E-state index contributed by atoms with van der Waals surface area (Å²) in [5.41, 5.74) is 2.37. The van der Waals surface area contributed by atoms with E-state index in [9.17, 15) is 9.59 Å². The number of nitrogens with one attached hydrogen (secondary N) is 1. The highest BCUT2D eigenvalue weighted by atomic mass is 16.5. The standard InChI is InChI=1S/C21H22N2O3/c1-4-14(2)18-10-5-6-11-19(18)23-20(24)15(3)26-21(25)17-9-7-8-16(12-17)13-22/h5-12,14-15H,4H2,1-3H3,(H,23,24). The number of ether oxygens (including phenoxy) is 1. The molecule has 134 valence electrons. The van der Waals surface area contributed by atoms with Crippen LogP contribution in [0.1, 0.15) is 54.6 Å². The average Bonchev–Trinajstić information content (AvgIpc) is 2.67. The van der Waals surface area contributed by atoms with Gasteiger partial charge in [-0.1, -0.05) is 38.1 Å². The van der Waals surface area contributed by atoms with Crippen LogP contribution in [-0.2, 0) is 9.53 Å². The van der Waals surface area contributed by atoms with E-state index in [0.717, 1.165) is 17.7 Å². The number of nitrogens with zero attached hydrogens (tertiary/aromatic N) is 1. The first-order chi connectivity index (χ1) is 12.5. The summed E-state index contributed by atoms with van der Waals surface area (Å²) in [6, 6.07) is 15.7. The molecule has 0 fully saturated rings. The van der Waals surface area contributed by atoms with Gasteiger partial charge in [-0.25, -0.2) is 4.79 Å². The molecule has 1 amide bonds. The summed E-state index contributed by atoms with van der Waals surface area (Å²) in [5, 5.41) is 11.7. The van der Waals surface area contributed by atoms with Gasteiger partial charge in [0.05, 0.1) is 17.2 Å². The molecule has 2 aromatic rings. The fraction of sp³-hybridized carbons (Fsp3) is 0.286. The highest BCUT2D eigenvalue weighted by Crippen LogP contribution is 2.26. The fourth-order valence-electron chi connectivity index (χ4n) is 2.49. The Morgan fingerprint density at radius 2 is 1.88 bits per heavy atom. The van der Waals surface area contributed by atoms with E-state index >= 15 is 0 Å². The number of carbonyl (C=O) groups excluding carboxylic acids is 2. The third kappa shape index (κ3) is 4.70. The van der Waals surface area contributed by atoms with Gasteiger partial charge >= 0.3 is 5.97 Å². The summed E-state index contributed by atoms with van der Waals surface area (Å²) in [7, 11) is 0. The monoisotopic (exact) mass is 350 g/mol. The molecule has 2 rings (SSSR count). The lowest BCUT2D eigenvalue weighted by Gasteiger charge is -2.18. The molecule has 2 atom stereocenters. The fourth-order valence-corrected chi connectivity index (χ4v) is 2.49. The molecular formula is C21H22N2O3. The SMILES string of the molecule is CCC(C)c1ccccc1NC(=O)C(C)OC(=O)c1cccc(C#N)c1. The molecule has 0 aliphatic rings. The van der Waals surface area contributed by atoms with Gasteiger partial charge in [-0.15, -0.1) is 0 Å². The van der Waals surface area contributed by atoms with Crippen molar-refractivity contribution in [1.82, 2.24) is 0 Å². The van der Waals surface area contributed by atoms with E-state index in [-0.39, 0.29) is 5.56 Å². The van der Waals surface area contributed by atoms with Gasteiger partial charge in [0.1, 0.15) is 0 Å². The Labute approximate surface area is 153 Å². The van der Waals surface area contributed by atoms with Gasteiger partial charge in [0.25, 0.3) is 5.91 Å². The summed E-state index contributed by atoms with van der Waals surface area (Å²) in [4.78, 5) is 24.6. The van der Waals surface area contributed by atoms with E-state index in [1.54, 1.807) is 18.2 Å². The van der Waals surface area contributed by atoms with Crippen molar-refractivity contribution in [3.05, 3.63) is 65.2 Å². The molecule has 0 aromatic heterocycles. The van der Waals surface area contributed by atoms with Crippen LogP contribution in [0.5, 0.6) is 0 Å². The Kier molecular flexibility index (Phi) is 6.51. The van der Waals surface area contributed by atoms with Gasteiger partial charge in [-0.3, -0.25) is 4.79 Å². The lowest BCUT2D eigenvalue weighted by molar-refractivity contribution is -0.123. The lowest BCUT2D eigenvalue weighted by Crippen LogP contribution is -2.30. The molecule has 1 N–H and O–H groups in total. The maximum absolute atomic E-state index is 12.4. The summed E-state index contributed by atoms with van der Waals surface area (Å²) in [6.45, 7) is 5.70. The van der Waals surface area contributed by atoms with Gasteiger partial charge in [0.15, 0.2) is 6.10 Å². The number of nitriles is 1. The van der Waals surface area contributed by atoms with Crippen molar-refractivity contribution >= 4 is 17.6 Å². The summed E-state index contributed by atoms with van der Waals surface area (Å²) in [6.07, 6.45) is -0.00892.